The number of nitrogens with zero attached hydrogens (tertiary/aromatic N) is 1. The highest BCUT2D eigenvalue weighted by Crippen LogP contribution is 1.97. The van der Waals surface area contributed by atoms with Crippen molar-refractivity contribution in [3.05, 3.63) is 0 Å². The van der Waals surface area contributed by atoms with Gasteiger partial charge >= 0.3 is 0 Å². The summed E-state index contributed by atoms with van der Waals surface area (Å²) in [4.78, 5) is 0. The third-order valence-electron chi connectivity index (χ3n) is 2.10. The molecule has 0 aliphatic rings. The normalized spacial score (nSPS) is 9.85. The maximum atomic E-state index is 8.30. The van der Waals surface area contributed by atoms with Gasteiger partial charge in [-0.05, 0) is 32.4 Å². The van der Waals surface area contributed by atoms with E-state index in [9.17, 15) is 0 Å². The van der Waals surface area contributed by atoms with E-state index in [0.29, 0.717) is 6.42 Å². The number of rotatable bonds is 9. The molecule has 0 amide bonds. The van der Waals surface area contributed by atoms with Gasteiger partial charge in [0.2, 0.25) is 0 Å². The Kier molecular flexibility index (Phi) is 11.0. The van der Waals surface area contributed by atoms with E-state index in [1.54, 1.807) is 0 Å². The van der Waals surface area contributed by atoms with E-state index in [-0.39, 0.29) is 0 Å². The Balaban J connectivity index is 2.80. The molecule has 0 aromatic heterocycles. The van der Waals surface area contributed by atoms with Gasteiger partial charge in [0.15, 0.2) is 0 Å². The molecule has 0 spiro atoms. The van der Waals surface area contributed by atoms with Gasteiger partial charge < -0.3 is 5.32 Å². The summed E-state index contributed by atoms with van der Waals surface area (Å²) < 4.78 is 0. The second kappa shape index (κ2) is 11.4. The van der Waals surface area contributed by atoms with Crippen LogP contribution in [0.5, 0.6) is 0 Å². The zero-order valence-electron chi connectivity index (χ0n) is 8.81. The molecule has 76 valence electrons. The summed E-state index contributed by atoms with van der Waals surface area (Å²) in [7, 11) is 0. The molecule has 0 unspecified atom stereocenters. The summed E-state index contributed by atoms with van der Waals surface area (Å²) in [6.07, 6.45) is 8.20. The lowest BCUT2D eigenvalue weighted by molar-refractivity contribution is 0.577. The third kappa shape index (κ3) is 11.5. The minimum Gasteiger partial charge on any atom is -0.317 e. The van der Waals surface area contributed by atoms with E-state index in [2.05, 4.69) is 18.3 Å². The Morgan fingerprint density at radius 2 is 1.69 bits per heavy atom. The van der Waals surface area contributed by atoms with Gasteiger partial charge in [0, 0.05) is 6.42 Å². The van der Waals surface area contributed by atoms with Crippen LogP contribution in [0, 0.1) is 11.3 Å². The summed E-state index contributed by atoms with van der Waals surface area (Å²) in [5.74, 6) is 0. The monoisotopic (exact) mass is 182 g/mol. The minimum atomic E-state index is 0.706. The zero-order chi connectivity index (χ0) is 9.78. The van der Waals surface area contributed by atoms with E-state index in [1.807, 2.05) is 0 Å². The second-order valence-corrected chi connectivity index (χ2v) is 3.43. The number of hydrogen-bond donors (Lipinski definition) is 1. The molecule has 0 atom stereocenters. The fraction of sp³-hybridized carbons (Fsp3) is 0.909. The van der Waals surface area contributed by atoms with Gasteiger partial charge in [0.25, 0.3) is 0 Å². The maximum Gasteiger partial charge on any atom is 0.0621 e. The van der Waals surface area contributed by atoms with Crippen LogP contribution in [0.2, 0.25) is 0 Å². The maximum absolute atomic E-state index is 8.30. The smallest absolute Gasteiger partial charge is 0.0621 e. The molecular formula is C11H22N2. The summed E-state index contributed by atoms with van der Waals surface area (Å²) in [6, 6.07) is 2.16. The van der Waals surface area contributed by atoms with Gasteiger partial charge in [-0.3, -0.25) is 0 Å². The van der Waals surface area contributed by atoms with Crippen LogP contribution in [-0.4, -0.2) is 13.1 Å². The van der Waals surface area contributed by atoms with Crippen LogP contribution in [0.25, 0.3) is 0 Å². The average molecular weight is 182 g/mol. The van der Waals surface area contributed by atoms with Gasteiger partial charge in [0.1, 0.15) is 0 Å². The number of nitrogens with one attached hydrogen (secondary N) is 1. The molecule has 0 saturated heterocycles. The molecular weight excluding hydrogens is 160 g/mol. The first-order valence-electron chi connectivity index (χ1n) is 5.49. The molecule has 0 aliphatic heterocycles. The molecule has 0 aliphatic carbocycles. The van der Waals surface area contributed by atoms with Crippen molar-refractivity contribution in [2.75, 3.05) is 13.1 Å². The van der Waals surface area contributed by atoms with E-state index >= 15 is 0 Å². The van der Waals surface area contributed by atoms with Crippen molar-refractivity contribution in [2.24, 2.45) is 0 Å². The third-order valence-corrected chi connectivity index (χ3v) is 2.10. The van der Waals surface area contributed by atoms with Crippen LogP contribution in [-0.2, 0) is 0 Å². The molecule has 0 rings (SSSR count). The van der Waals surface area contributed by atoms with Gasteiger partial charge in [-0.2, -0.15) is 5.26 Å². The molecule has 0 saturated carbocycles. The SMILES string of the molecule is CCCCCCNCCCCC#N. The Hall–Kier alpha value is -0.550. The average Bonchev–Trinajstić information content (AvgIpc) is 2.16. The van der Waals surface area contributed by atoms with Crippen LogP contribution in [0.1, 0.15) is 51.9 Å². The fourth-order valence-electron chi connectivity index (χ4n) is 1.26. The van der Waals surface area contributed by atoms with Crippen molar-refractivity contribution >= 4 is 0 Å². The van der Waals surface area contributed by atoms with Gasteiger partial charge in [-0.15, -0.1) is 0 Å². The lowest BCUT2D eigenvalue weighted by atomic mass is 10.2. The molecule has 0 aromatic rings. The van der Waals surface area contributed by atoms with E-state index < -0.39 is 0 Å². The van der Waals surface area contributed by atoms with Crippen molar-refractivity contribution in [1.29, 1.82) is 5.26 Å². The first kappa shape index (κ1) is 12.4. The first-order valence-corrected chi connectivity index (χ1v) is 5.49. The van der Waals surface area contributed by atoms with Crippen LogP contribution in [0.3, 0.4) is 0 Å². The van der Waals surface area contributed by atoms with Crippen molar-refractivity contribution in [2.45, 2.75) is 51.9 Å². The lowest BCUT2D eigenvalue weighted by Gasteiger charge is -2.02. The molecule has 0 heterocycles. The largest absolute Gasteiger partial charge is 0.317 e. The summed E-state index contributed by atoms with van der Waals surface area (Å²) in [5.41, 5.74) is 0. The van der Waals surface area contributed by atoms with Crippen molar-refractivity contribution < 1.29 is 0 Å². The summed E-state index contributed by atoms with van der Waals surface area (Å²) in [5, 5.41) is 11.7. The second-order valence-electron chi connectivity index (χ2n) is 3.43. The van der Waals surface area contributed by atoms with Gasteiger partial charge in [-0.25, -0.2) is 0 Å². The molecule has 0 radical (unpaired) electrons. The first-order chi connectivity index (χ1) is 6.41. The van der Waals surface area contributed by atoms with Crippen LogP contribution >= 0.6 is 0 Å². The molecule has 0 aromatic carbocycles. The van der Waals surface area contributed by atoms with E-state index in [1.165, 1.54) is 25.7 Å². The predicted molar refractivity (Wildman–Crippen MR) is 56.5 cm³/mol. The van der Waals surface area contributed by atoms with Gasteiger partial charge in [0.05, 0.1) is 6.07 Å². The Bertz CT molecular complexity index is 127. The minimum absolute atomic E-state index is 0.706. The highest BCUT2D eigenvalue weighted by Gasteiger charge is 1.89. The quantitative estimate of drug-likeness (QED) is 0.557. The van der Waals surface area contributed by atoms with E-state index in [4.69, 9.17) is 5.26 Å². The standard InChI is InChI=1S/C11H22N2/c1-2-3-4-7-10-13-11-8-5-6-9-12/h13H,2-8,10-11H2,1H3. The van der Waals surface area contributed by atoms with Crippen molar-refractivity contribution in [3.63, 3.8) is 0 Å². The van der Waals surface area contributed by atoms with Gasteiger partial charge in [-0.1, -0.05) is 26.2 Å². The molecule has 1 N–H and O–H groups in total. The molecule has 2 heteroatoms. The van der Waals surface area contributed by atoms with E-state index in [0.717, 1.165) is 25.9 Å². The lowest BCUT2D eigenvalue weighted by Crippen LogP contribution is -2.16. The Morgan fingerprint density at radius 1 is 1.00 bits per heavy atom. The molecule has 2 nitrogen and oxygen atoms in total. The number of hydrogen-bond acceptors (Lipinski definition) is 2. The molecule has 0 fully saturated rings. The number of nitriles is 1. The van der Waals surface area contributed by atoms with Crippen LogP contribution < -0.4 is 5.32 Å². The predicted octanol–water partition coefficient (Wildman–Crippen LogP) is 2.85. The zero-order valence-corrected chi connectivity index (χ0v) is 8.81. The van der Waals surface area contributed by atoms with Crippen LogP contribution in [0.15, 0.2) is 0 Å². The Labute approximate surface area is 82.3 Å². The topological polar surface area (TPSA) is 35.8 Å². The van der Waals surface area contributed by atoms with Crippen LogP contribution in [0.4, 0.5) is 0 Å². The molecule has 13 heavy (non-hydrogen) atoms. The highest BCUT2D eigenvalue weighted by molar-refractivity contribution is 4.68. The molecule has 0 bridgehead atoms. The fourth-order valence-corrected chi connectivity index (χ4v) is 1.26. The van der Waals surface area contributed by atoms with Crippen molar-refractivity contribution in [1.82, 2.24) is 5.32 Å². The Morgan fingerprint density at radius 3 is 2.31 bits per heavy atom. The van der Waals surface area contributed by atoms with Crippen molar-refractivity contribution in [3.8, 4) is 6.07 Å². The number of unbranched alkanes of at least 4 members (excludes halogenated alkanes) is 5. The summed E-state index contributed by atoms with van der Waals surface area (Å²) >= 11 is 0. The highest BCUT2D eigenvalue weighted by atomic mass is 14.8. The summed E-state index contributed by atoms with van der Waals surface area (Å²) in [6.45, 7) is 4.45.